The van der Waals surface area contributed by atoms with Crippen molar-refractivity contribution in [3.05, 3.63) is 0 Å². The molecule has 2 saturated heterocycles. The summed E-state index contributed by atoms with van der Waals surface area (Å²) in [7, 11) is -0.898. The number of hydrogen-bond donors (Lipinski definition) is 2. The van der Waals surface area contributed by atoms with Crippen molar-refractivity contribution < 1.29 is 31.6 Å². The zero-order valence-electron chi connectivity index (χ0n) is 15.2. The van der Waals surface area contributed by atoms with Gasteiger partial charge in [0.05, 0.1) is 12.6 Å². The number of hydroxylamine groups is 2. The molecule has 2 heterocycles. The molecule has 3 amide bonds. The van der Waals surface area contributed by atoms with E-state index in [1.807, 2.05) is 14.1 Å². The lowest BCUT2D eigenvalue weighted by atomic mass is 9.77. The molecule has 11 nitrogen and oxygen atoms in total. The van der Waals surface area contributed by atoms with Crippen molar-refractivity contribution >= 4 is 28.1 Å². The normalized spacial score (nSPS) is 30.4. The van der Waals surface area contributed by atoms with E-state index in [2.05, 4.69) is 14.5 Å². The van der Waals surface area contributed by atoms with Crippen LogP contribution in [0.1, 0.15) is 25.7 Å². The molecule has 12 heteroatoms. The van der Waals surface area contributed by atoms with Gasteiger partial charge in [-0.05, 0) is 39.8 Å². The fraction of sp³-hybridized carbons (Fsp3) is 0.800. The zero-order chi connectivity index (χ0) is 19.9. The van der Waals surface area contributed by atoms with Crippen LogP contribution < -0.4 is 5.32 Å². The maximum absolute atomic E-state index is 12.4. The molecule has 2 aliphatic heterocycles. The van der Waals surface area contributed by atoms with Gasteiger partial charge in [-0.2, -0.15) is 13.5 Å². The Morgan fingerprint density at radius 3 is 2.56 bits per heavy atom. The lowest BCUT2D eigenvalue weighted by Crippen LogP contribution is -2.52. The summed E-state index contributed by atoms with van der Waals surface area (Å²) in [5, 5.41) is 3.18. The van der Waals surface area contributed by atoms with Gasteiger partial charge in [-0.3, -0.25) is 14.1 Å². The molecule has 0 unspecified atom stereocenters. The molecular weight excluding hydrogens is 380 g/mol. The largest absolute Gasteiger partial charge is 0.418 e. The van der Waals surface area contributed by atoms with Gasteiger partial charge in [0.25, 0.3) is 0 Å². The number of rotatable bonds is 7. The molecule has 1 aliphatic carbocycles. The highest BCUT2D eigenvalue weighted by atomic mass is 32.3. The van der Waals surface area contributed by atoms with Crippen LogP contribution in [0.15, 0.2) is 0 Å². The number of urea groups is 1. The standard InChI is InChI=1S/C15H24N4O7S/c1-17(2)11-5-9(6-11)13(20)7-16-14(21)12-4-3-10-8-18(12)15(22)19(10)26-27(23,24)25/h9-12H,3-8H2,1-2H3,(H,16,21)(H,23,24,25)/t9?,10-,11?,12+/m1/s1. The highest BCUT2D eigenvalue weighted by Crippen LogP contribution is 2.32. The van der Waals surface area contributed by atoms with Gasteiger partial charge >= 0.3 is 16.4 Å². The summed E-state index contributed by atoms with van der Waals surface area (Å²) in [4.78, 5) is 40.2. The van der Waals surface area contributed by atoms with Crippen molar-refractivity contribution in [3.8, 4) is 0 Å². The van der Waals surface area contributed by atoms with Crippen molar-refractivity contribution in [1.82, 2.24) is 20.2 Å². The first kappa shape index (κ1) is 20.0. The molecule has 2 atom stereocenters. The van der Waals surface area contributed by atoms with Crippen molar-refractivity contribution in [3.63, 3.8) is 0 Å². The van der Waals surface area contributed by atoms with Crippen molar-refractivity contribution in [2.75, 3.05) is 27.2 Å². The van der Waals surface area contributed by atoms with Crippen LogP contribution in [0.25, 0.3) is 0 Å². The number of ketones is 1. The molecule has 0 aromatic carbocycles. The van der Waals surface area contributed by atoms with Crippen molar-refractivity contribution in [2.45, 2.75) is 43.8 Å². The molecule has 152 valence electrons. The second kappa shape index (κ2) is 7.34. The predicted octanol–water partition coefficient (Wildman–Crippen LogP) is -0.985. The van der Waals surface area contributed by atoms with E-state index in [4.69, 9.17) is 4.55 Å². The molecule has 0 radical (unpaired) electrons. The minimum atomic E-state index is -4.83. The Morgan fingerprint density at radius 1 is 1.30 bits per heavy atom. The van der Waals surface area contributed by atoms with E-state index < -0.39 is 34.4 Å². The van der Waals surface area contributed by atoms with Crippen LogP contribution >= 0.6 is 0 Å². The van der Waals surface area contributed by atoms with Gasteiger partial charge in [0.1, 0.15) is 6.04 Å². The molecular formula is C15H24N4O7S. The van der Waals surface area contributed by atoms with E-state index in [1.165, 1.54) is 4.90 Å². The van der Waals surface area contributed by atoms with Crippen LogP contribution in [0.5, 0.6) is 0 Å². The molecule has 2 bridgehead atoms. The number of amides is 3. The Hall–Kier alpha value is -1.76. The first-order chi connectivity index (χ1) is 12.6. The molecule has 3 aliphatic rings. The van der Waals surface area contributed by atoms with Gasteiger partial charge in [-0.25, -0.2) is 4.79 Å². The first-order valence-corrected chi connectivity index (χ1v) is 10.2. The molecule has 3 rings (SSSR count). The molecule has 0 aromatic heterocycles. The quantitative estimate of drug-likeness (QED) is 0.517. The summed E-state index contributed by atoms with van der Waals surface area (Å²) in [6.45, 7) is 0.0321. The topological polar surface area (TPSA) is 137 Å². The molecule has 27 heavy (non-hydrogen) atoms. The van der Waals surface area contributed by atoms with Crippen LogP contribution in [-0.2, 0) is 24.3 Å². The predicted molar refractivity (Wildman–Crippen MR) is 91.6 cm³/mol. The monoisotopic (exact) mass is 404 g/mol. The Morgan fingerprint density at radius 2 is 1.96 bits per heavy atom. The Bertz CT molecular complexity index is 734. The summed E-state index contributed by atoms with van der Waals surface area (Å²) in [5.41, 5.74) is 0. The van der Waals surface area contributed by atoms with Gasteiger partial charge < -0.3 is 15.1 Å². The van der Waals surface area contributed by atoms with Crippen LogP contribution in [0.4, 0.5) is 4.79 Å². The molecule has 0 spiro atoms. The van der Waals surface area contributed by atoms with E-state index in [-0.39, 0.29) is 24.8 Å². The highest BCUT2D eigenvalue weighted by molar-refractivity contribution is 7.80. The maximum atomic E-state index is 12.4. The summed E-state index contributed by atoms with van der Waals surface area (Å²) < 4.78 is 34.9. The van der Waals surface area contributed by atoms with Crippen LogP contribution in [0, 0.1) is 5.92 Å². The minimum Gasteiger partial charge on any atom is -0.347 e. The van der Waals surface area contributed by atoms with E-state index in [1.54, 1.807) is 0 Å². The lowest BCUT2D eigenvalue weighted by molar-refractivity contribution is -0.131. The van der Waals surface area contributed by atoms with Crippen LogP contribution in [0.3, 0.4) is 0 Å². The fourth-order valence-electron chi connectivity index (χ4n) is 3.81. The number of hydrogen-bond acceptors (Lipinski definition) is 7. The SMILES string of the molecule is CN(C)C1CC(C(=O)CNC(=O)[C@@H]2CC[C@@H]3CN2C(=O)N3OS(=O)(=O)O)C1. The van der Waals surface area contributed by atoms with E-state index in [0.29, 0.717) is 23.9 Å². The van der Waals surface area contributed by atoms with Crippen LogP contribution in [-0.4, -0.2) is 90.9 Å². The third-order valence-corrected chi connectivity index (χ3v) is 5.88. The number of fused-ring (bicyclic) bond motifs is 2. The second-order valence-corrected chi connectivity index (χ2v) is 8.48. The summed E-state index contributed by atoms with van der Waals surface area (Å²) in [6.07, 6.45) is 2.21. The molecule has 2 N–H and O–H groups in total. The number of nitrogens with zero attached hydrogens (tertiary/aromatic N) is 3. The van der Waals surface area contributed by atoms with Gasteiger partial charge in [0.2, 0.25) is 5.91 Å². The third kappa shape index (κ3) is 4.23. The van der Waals surface area contributed by atoms with E-state index >= 15 is 0 Å². The number of Topliss-reactive ketones (excluding diaryl/α,β-unsaturated/α-hetero) is 1. The lowest BCUT2D eigenvalue weighted by Gasteiger charge is -2.38. The summed E-state index contributed by atoms with van der Waals surface area (Å²) >= 11 is 0. The summed E-state index contributed by atoms with van der Waals surface area (Å²) in [6, 6.07) is -1.76. The molecule has 3 fully saturated rings. The van der Waals surface area contributed by atoms with E-state index in [0.717, 1.165) is 12.8 Å². The Balaban J connectivity index is 1.51. The maximum Gasteiger partial charge on any atom is 0.418 e. The molecule has 1 saturated carbocycles. The first-order valence-electron chi connectivity index (χ1n) is 8.80. The minimum absolute atomic E-state index is 0.0285. The number of carbonyl (C=O) groups is 3. The number of nitrogens with one attached hydrogen (secondary N) is 1. The average molecular weight is 404 g/mol. The van der Waals surface area contributed by atoms with Crippen LogP contribution in [0.2, 0.25) is 0 Å². The van der Waals surface area contributed by atoms with E-state index in [9.17, 15) is 22.8 Å². The Kier molecular flexibility index (Phi) is 5.43. The fourth-order valence-corrected chi connectivity index (χ4v) is 4.20. The summed E-state index contributed by atoms with van der Waals surface area (Å²) in [5.74, 6) is -0.535. The second-order valence-electron chi connectivity index (χ2n) is 7.48. The number of piperidine rings is 1. The average Bonchev–Trinajstić information content (AvgIpc) is 2.74. The number of carbonyl (C=O) groups excluding carboxylic acids is 3. The van der Waals surface area contributed by atoms with Gasteiger partial charge in [-0.1, -0.05) is 0 Å². The molecule has 0 aromatic rings. The highest BCUT2D eigenvalue weighted by Gasteiger charge is 2.49. The van der Waals surface area contributed by atoms with Gasteiger partial charge in [-0.15, -0.1) is 4.28 Å². The van der Waals surface area contributed by atoms with Gasteiger partial charge in [0, 0.05) is 18.5 Å². The third-order valence-electron chi connectivity index (χ3n) is 5.54. The zero-order valence-corrected chi connectivity index (χ0v) is 16.0. The Labute approximate surface area is 157 Å². The smallest absolute Gasteiger partial charge is 0.347 e. The van der Waals surface area contributed by atoms with Crippen molar-refractivity contribution in [1.29, 1.82) is 0 Å². The van der Waals surface area contributed by atoms with Crippen molar-refractivity contribution in [2.24, 2.45) is 5.92 Å². The van der Waals surface area contributed by atoms with Gasteiger partial charge in [0.15, 0.2) is 5.78 Å².